The molecule has 15 heavy (non-hydrogen) atoms. The number of nitrogens with zero attached hydrogens (tertiary/aromatic N) is 1. The normalized spacial score (nSPS) is 30.9. The van der Waals surface area contributed by atoms with Crippen LogP contribution in [-0.2, 0) is 4.74 Å². The molecule has 1 aliphatic carbocycles. The average molecular weight is 212 g/mol. The van der Waals surface area contributed by atoms with Crippen molar-refractivity contribution in [1.82, 2.24) is 10.2 Å². The molecule has 1 heterocycles. The van der Waals surface area contributed by atoms with Crippen LogP contribution in [0.3, 0.4) is 0 Å². The molecule has 0 aromatic carbocycles. The van der Waals surface area contributed by atoms with Gasteiger partial charge in [0.2, 0.25) is 0 Å². The minimum Gasteiger partial charge on any atom is -0.450 e. The third kappa shape index (κ3) is 2.43. The number of hydrogen-bond acceptors (Lipinski definition) is 3. The number of carbonyl (C=O) groups excluding carboxylic acids is 1. The fourth-order valence-electron chi connectivity index (χ4n) is 2.62. The first kappa shape index (κ1) is 10.7. The molecule has 1 aliphatic heterocycles. The summed E-state index contributed by atoms with van der Waals surface area (Å²) < 4.78 is 5.01. The Labute approximate surface area is 91.0 Å². The van der Waals surface area contributed by atoms with Crippen LogP contribution in [0.5, 0.6) is 0 Å². The quantitative estimate of drug-likeness (QED) is 0.717. The molecule has 86 valence electrons. The summed E-state index contributed by atoms with van der Waals surface area (Å²) in [4.78, 5) is 13.3. The zero-order chi connectivity index (χ0) is 10.7. The minimum absolute atomic E-state index is 0.172. The monoisotopic (exact) mass is 212 g/mol. The topological polar surface area (TPSA) is 41.6 Å². The highest BCUT2D eigenvalue weighted by Gasteiger charge is 2.32. The van der Waals surface area contributed by atoms with Gasteiger partial charge in [0.25, 0.3) is 0 Å². The van der Waals surface area contributed by atoms with E-state index in [-0.39, 0.29) is 6.09 Å². The van der Waals surface area contributed by atoms with E-state index in [0.29, 0.717) is 25.2 Å². The van der Waals surface area contributed by atoms with Crippen LogP contribution in [0.15, 0.2) is 0 Å². The van der Waals surface area contributed by atoms with E-state index in [1.54, 1.807) is 4.90 Å². The Bertz CT molecular complexity index is 233. The molecular formula is C11H20N2O2. The Morgan fingerprint density at radius 2 is 2.27 bits per heavy atom. The van der Waals surface area contributed by atoms with Gasteiger partial charge in [0, 0.05) is 12.6 Å². The lowest BCUT2D eigenvalue weighted by Gasteiger charge is -2.41. The van der Waals surface area contributed by atoms with Crippen LogP contribution in [0.25, 0.3) is 0 Å². The third-order valence-electron chi connectivity index (χ3n) is 3.43. The van der Waals surface area contributed by atoms with Gasteiger partial charge in [0.05, 0.1) is 13.3 Å². The summed E-state index contributed by atoms with van der Waals surface area (Å²) in [6, 6.07) is 0.629. The Balaban J connectivity index is 1.87. The first-order chi connectivity index (χ1) is 7.31. The number of amides is 1. The Kier molecular flexibility index (Phi) is 3.46. The summed E-state index contributed by atoms with van der Waals surface area (Å²) in [6.45, 7) is 3.83. The van der Waals surface area contributed by atoms with Gasteiger partial charge >= 0.3 is 6.09 Å². The number of carbonyl (C=O) groups is 1. The van der Waals surface area contributed by atoms with Crippen LogP contribution in [0.2, 0.25) is 0 Å². The predicted octanol–water partition coefficient (Wildman–Crippen LogP) is 1.56. The van der Waals surface area contributed by atoms with Crippen LogP contribution in [0.1, 0.15) is 32.6 Å². The summed E-state index contributed by atoms with van der Waals surface area (Å²) >= 11 is 0. The standard InChI is InChI=1S/C11H20N2O2/c1-2-15-11(14)13-7-9-5-3-4-6-10(9)12-8-13/h9-10,12H,2-8H2,1H3. The second kappa shape index (κ2) is 4.84. The predicted molar refractivity (Wildman–Crippen MR) is 57.5 cm³/mol. The van der Waals surface area contributed by atoms with Crippen molar-refractivity contribution in [1.29, 1.82) is 0 Å². The number of ether oxygens (including phenoxy) is 1. The first-order valence-corrected chi connectivity index (χ1v) is 5.96. The summed E-state index contributed by atoms with van der Waals surface area (Å²) in [5, 5.41) is 3.44. The minimum atomic E-state index is -0.172. The maximum Gasteiger partial charge on any atom is 0.410 e. The molecule has 1 saturated heterocycles. The van der Waals surface area contributed by atoms with Gasteiger partial charge in [-0.3, -0.25) is 10.2 Å². The number of hydrogen-bond donors (Lipinski definition) is 1. The number of nitrogens with one attached hydrogen (secondary N) is 1. The van der Waals surface area contributed by atoms with E-state index in [2.05, 4.69) is 5.32 Å². The zero-order valence-electron chi connectivity index (χ0n) is 9.37. The van der Waals surface area contributed by atoms with Crippen LogP contribution >= 0.6 is 0 Å². The van der Waals surface area contributed by atoms with Crippen molar-refractivity contribution >= 4 is 6.09 Å². The van der Waals surface area contributed by atoms with E-state index < -0.39 is 0 Å². The molecule has 1 saturated carbocycles. The fraction of sp³-hybridized carbons (Fsp3) is 0.909. The lowest BCUT2D eigenvalue weighted by Crippen LogP contribution is -2.56. The van der Waals surface area contributed by atoms with E-state index in [0.717, 1.165) is 6.54 Å². The van der Waals surface area contributed by atoms with Crippen LogP contribution in [0, 0.1) is 5.92 Å². The van der Waals surface area contributed by atoms with E-state index in [1.807, 2.05) is 6.92 Å². The highest BCUT2D eigenvalue weighted by atomic mass is 16.6. The summed E-state index contributed by atoms with van der Waals surface area (Å²) in [7, 11) is 0. The van der Waals surface area contributed by atoms with Crippen LogP contribution in [0.4, 0.5) is 4.79 Å². The number of fused-ring (bicyclic) bond motifs is 1. The molecule has 4 nitrogen and oxygen atoms in total. The van der Waals surface area contributed by atoms with Crippen molar-refractivity contribution < 1.29 is 9.53 Å². The molecule has 0 aromatic rings. The maximum absolute atomic E-state index is 11.5. The zero-order valence-corrected chi connectivity index (χ0v) is 9.37. The van der Waals surface area contributed by atoms with E-state index in [4.69, 9.17) is 4.74 Å². The largest absolute Gasteiger partial charge is 0.450 e. The molecule has 4 heteroatoms. The van der Waals surface area contributed by atoms with Crippen LogP contribution in [-0.4, -0.2) is 36.9 Å². The van der Waals surface area contributed by atoms with Crippen molar-refractivity contribution in [2.45, 2.75) is 38.6 Å². The fourth-order valence-corrected chi connectivity index (χ4v) is 2.62. The van der Waals surface area contributed by atoms with Gasteiger partial charge in [-0.05, 0) is 25.7 Å². The van der Waals surface area contributed by atoms with Crippen LogP contribution < -0.4 is 5.32 Å². The molecule has 1 amide bonds. The second-order valence-corrected chi connectivity index (χ2v) is 4.43. The van der Waals surface area contributed by atoms with Crippen molar-refractivity contribution in [3.05, 3.63) is 0 Å². The van der Waals surface area contributed by atoms with Gasteiger partial charge in [-0.25, -0.2) is 4.79 Å². The van der Waals surface area contributed by atoms with E-state index in [1.165, 1.54) is 25.7 Å². The van der Waals surface area contributed by atoms with E-state index in [9.17, 15) is 4.79 Å². The van der Waals surface area contributed by atoms with E-state index >= 15 is 0 Å². The average Bonchev–Trinajstić information content (AvgIpc) is 2.29. The Morgan fingerprint density at radius 3 is 3.07 bits per heavy atom. The van der Waals surface area contributed by atoms with Gasteiger partial charge in [-0.2, -0.15) is 0 Å². The number of rotatable bonds is 1. The molecule has 0 spiro atoms. The molecule has 0 bridgehead atoms. The highest BCUT2D eigenvalue weighted by molar-refractivity contribution is 5.67. The lowest BCUT2D eigenvalue weighted by atomic mass is 9.83. The Hall–Kier alpha value is -0.770. The molecule has 2 atom stereocenters. The third-order valence-corrected chi connectivity index (χ3v) is 3.43. The van der Waals surface area contributed by atoms with Gasteiger partial charge in [0.1, 0.15) is 0 Å². The van der Waals surface area contributed by atoms with Crippen molar-refractivity contribution in [3.63, 3.8) is 0 Å². The highest BCUT2D eigenvalue weighted by Crippen LogP contribution is 2.27. The molecule has 2 fully saturated rings. The SMILES string of the molecule is CCOC(=O)N1CNC2CCCCC2C1. The molecule has 2 unspecified atom stereocenters. The van der Waals surface area contributed by atoms with Crippen molar-refractivity contribution in [2.75, 3.05) is 19.8 Å². The molecule has 2 aliphatic rings. The lowest BCUT2D eigenvalue weighted by molar-refractivity contribution is 0.0630. The molecule has 0 radical (unpaired) electrons. The molecule has 1 N–H and O–H groups in total. The van der Waals surface area contributed by atoms with Gasteiger partial charge in [0.15, 0.2) is 0 Å². The molecule has 2 rings (SSSR count). The summed E-state index contributed by atoms with van der Waals surface area (Å²) in [6.07, 6.45) is 4.97. The summed E-state index contributed by atoms with van der Waals surface area (Å²) in [5.74, 6) is 0.636. The Morgan fingerprint density at radius 1 is 1.47 bits per heavy atom. The van der Waals surface area contributed by atoms with Gasteiger partial charge < -0.3 is 4.74 Å². The molecular weight excluding hydrogens is 192 g/mol. The van der Waals surface area contributed by atoms with Gasteiger partial charge in [-0.1, -0.05) is 12.8 Å². The van der Waals surface area contributed by atoms with Gasteiger partial charge in [-0.15, -0.1) is 0 Å². The smallest absolute Gasteiger partial charge is 0.410 e. The summed E-state index contributed by atoms with van der Waals surface area (Å²) in [5.41, 5.74) is 0. The maximum atomic E-state index is 11.5. The van der Waals surface area contributed by atoms with Crippen molar-refractivity contribution in [2.24, 2.45) is 5.92 Å². The molecule has 0 aromatic heterocycles. The van der Waals surface area contributed by atoms with Crippen molar-refractivity contribution in [3.8, 4) is 0 Å². The first-order valence-electron chi connectivity index (χ1n) is 5.96. The second-order valence-electron chi connectivity index (χ2n) is 4.43.